The third kappa shape index (κ3) is 31800. The Morgan fingerprint density at radius 1 is 1.12 bits per heavy atom. The van der Waals surface area contributed by atoms with E-state index in [0.717, 1.165) is 0 Å². The van der Waals surface area contributed by atoms with Crippen LogP contribution in [0.2, 0.25) is 0 Å². The smallest absolute Gasteiger partial charge is 0.314 e. The van der Waals surface area contributed by atoms with Crippen molar-refractivity contribution in [2.45, 2.75) is 0 Å². The molecule has 5 nitrogen and oxygen atoms in total. The molecule has 0 rings (SSSR count). The molecule has 0 aliphatic heterocycles. The first-order valence-corrected chi connectivity index (χ1v) is 3.11. The van der Waals surface area contributed by atoms with Gasteiger partial charge in [-0.15, -0.1) is 0 Å². The average molecular weight is 144 g/mol. The van der Waals surface area contributed by atoms with Crippen molar-refractivity contribution in [2.75, 3.05) is 14.1 Å². The molecule has 0 aromatic rings. The Labute approximate surface area is 49.3 Å². The van der Waals surface area contributed by atoms with Crippen molar-refractivity contribution < 1.29 is 14.4 Å². The minimum absolute atomic E-state index is 1.50. The fourth-order valence-corrected chi connectivity index (χ4v) is 0. The molecule has 0 aliphatic rings. The minimum Gasteiger partial charge on any atom is -0.333 e. The van der Waals surface area contributed by atoms with Crippen LogP contribution in [0.25, 0.3) is 0 Å². The standard InChI is InChI=1S/2CH5N.H3O3P/c2*1-2;1-4(2)3/h2*2H2,1H3;4H,(H2,1,2,3). The Kier molecular flexibility index (Phi) is 54.2. The van der Waals surface area contributed by atoms with Gasteiger partial charge in [-0.05, 0) is 14.1 Å². The van der Waals surface area contributed by atoms with E-state index < -0.39 is 8.25 Å². The van der Waals surface area contributed by atoms with Gasteiger partial charge in [0.2, 0.25) is 0 Å². The highest BCUT2D eigenvalue weighted by Crippen LogP contribution is 1.98. The zero-order valence-corrected chi connectivity index (χ0v) is 5.96. The van der Waals surface area contributed by atoms with Gasteiger partial charge in [0.1, 0.15) is 0 Å². The predicted molar refractivity (Wildman–Crippen MR) is 33.7 cm³/mol. The maximum absolute atomic E-state index is 8.74. The Morgan fingerprint density at radius 3 is 1.12 bits per heavy atom. The molecule has 0 aromatic heterocycles. The van der Waals surface area contributed by atoms with Crippen molar-refractivity contribution in [2.24, 2.45) is 11.5 Å². The summed E-state index contributed by atoms with van der Waals surface area (Å²) in [6.07, 6.45) is 0. The number of rotatable bonds is 0. The van der Waals surface area contributed by atoms with Gasteiger partial charge >= 0.3 is 8.25 Å². The number of hydrogen-bond acceptors (Lipinski definition) is 3. The van der Waals surface area contributed by atoms with E-state index in [-0.39, 0.29) is 0 Å². The van der Waals surface area contributed by atoms with Gasteiger partial charge in [0.05, 0.1) is 0 Å². The van der Waals surface area contributed by atoms with Gasteiger partial charge in [0, 0.05) is 0 Å². The van der Waals surface area contributed by atoms with E-state index in [1.54, 1.807) is 0 Å². The zero-order chi connectivity index (χ0) is 7.58. The van der Waals surface area contributed by atoms with Gasteiger partial charge in [0.25, 0.3) is 0 Å². The second-order valence-electron chi connectivity index (χ2n) is 0.283. The lowest BCUT2D eigenvalue weighted by atomic mass is 11.6. The zero-order valence-electron chi connectivity index (χ0n) is 4.96. The largest absolute Gasteiger partial charge is 0.333 e. The Hall–Kier alpha value is 0.0700. The molecule has 0 unspecified atom stereocenters. The number of nitrogens with two attached hydrogens (primary N) is 2. The first-order valence-electron chi connectivity index (χ1n) is 1.81. The molecular formula is C2H13N2O3P. The van der Waals surface area contributed by atoms with Gasteiger partial charge in [0.15, 0.2) is 0 Å². The van der Waals surface area contributed by atoms with E-state index in [1.165, 1.54) is 14.1 Å². The third-order valence-corrected chi connectivity index (χ3v) is 0. The first kappa shape index (κ1) is 15.7. The van der Waals surface area contributed by atoms with Crippen molar-refractivity contribution in [3.63, 3.8) is 0 Å². The highest BCUT2D eigenvalue weighted by Gasteiger charge is 1.61. The monoisotopic (exact) mass is 144 g/mol. The quantitative estimate of drug-likeness (QED) is 0.310. The lowest BCUT2D eigenvalue weighted by Crippen LogP contribution is -1.69. The van der Waals surface area contributed by atoms with Crippen LogP contribution in [-0.2, 0) is 4.57 Å². The average Bonchev–Trinajstić information content (AvgIpc) is 1.75. The van der Waals surface area contributed by atoms with Gasteiger partial charge in [-0.1, -0.05) is 0 Å². The van der Waals surface area contributed by atoms with Gasteiger partial charge in [-0.25, -0.2) is 0 Å². The normalized spacial score (nSPS) is 5.88. The summed E-state index contributed by atoms with van der Waals surface area (Å²) >= 11 is 0. The van der Waals surface area contributed by atoms with Crippen molar-refractivity contribution in [3.05, 3.63) is 0 Å². The van der Waals surface area contributed by atoms with E-state index in [2.05, 4.69) is 11.5 Å². The SMILES string of the molecule is CN.CN.O=[PH](O)O. The van der Waals surface area contributed by atoms with Crippen LogP contribution < -0.4 is 11.5 Å². The summed E-state index contributed by atoms with van der Waals surface area (Å²) in [6.45, 7) is 0. The van der Waals surface area contributed by atoms with E-state index in [0.29, 0.717) is 0 Å². The fraction of sp³-hybridized carbons (Fsp3) is 1.00. The summed E-state index contributed by atoms with van der Waals surface area (Å²) in [6, 6.07) is 0. The molecule has 0 bridgehead atoms. The number of hydrogen-bond donors (Lipinski definition) is 4. The van der Waals surface area contributed by atoms with Crippen LogP contribution >= 0.6 is 8.25 Å². The molecule has 6 heteroatoms. The molecule has 6 N–H and O–H groups in total. The van der Waals surface area contributed by atoms with E-state index in [1.807, 2.05) is 0 Å². The van der Waals surface area contributed by atoms with E-state index in [9.17, 15) is 0 Å². The van der Waals surface area contributed by atoms with Crippen LogP contribution in [0, 0.1) is 0 Å². The van der Waals surface area contributed by atoms with Crippen molar-refractivity contribution >= 4 is 8.25 Å². The van der Waals surface area contributed by atoms with Crippen molar-refractivity contribution in [3.8, 4) is 0 Å². The highest BCUT2D eigenvalue weighted by atomic mass is 31.1. The van der Waals surface area contributed by atoms with Crippen LogP contribution in [0.3, 0.4) is 0 Å². The molecule has 8 heavy (non-hydrogen) atoms. The molecular weight excluding hydrogens is 131 g/mol. The van der Waals surface area contributed by atoms with Crippen LogP contribution in [0.5, 0.6) is 0 Å². The molecule has 0 saturated heterocycles. The molecule has 0 aliphatic carbocycles. The Morgan fingerprint density at radius 2 is 1.12 bits per heavy atom. The molecule has 0 fully saturated rings. The van der Waals surface area contributed by atoms with Crippen LogP contribution in [0.1, 0.15) is 0 Å². The first-order chi connectivity index (χ1) is 3.73. The summed E-state index contributed by atoms with van der Waals surface area (Å²) in [5.74, 6) is 0. The summed E-state index contributed by atoms with van der Waals surface area (Å²) in [7, 11) is -0.130. The van der Waals surface area contributed by atoms with Gasteiger partial charge < -0.3 is 21.3 Å². The lowest BCUT2D eigenvalue weighted by Gasteiger charge is -1.61. The van der Waals surface area contributed by atoms with Gasteiger partial charge in [-0.2, -0.15) is 0 Å². The Bertz CT molecular complexity index is 38.3. The van der Waals surface area contributed by atoms with Crippen LogP contribution in [0.4, 0.5) is 0 Å². The molecule has 0 radical (unpaired) electrons. The lowest BCUT2D eigenvalue weighted by molar-refractivity contribution is 0.405. The summed E-state index contributed by atoms with van der Waals surface area (Å²) < 4.78 is 8.74. The molecule has 54 valence electrons. The molecule has 0 aromatic carbocycles. The van der Waals surface area contributed by atoms with E-state index in [4.69, 9.17) is 14.4 Å². The molecule has 0 heterocycles. The van der Waals surface area contributed by atoms with E-state index >= 15 is 0 Å². The summed E-state index contributed by atoms with van der Waals surface area (Å²) in [4.78, 5) is 14.3. The van der Waals surface area contributed by atoms with Crippen LogP contribution in [0.15, 0.2) is 0 Å². The maximum Gasteiger partial charge on any atom is 0.314 e. The second kappa shape index (κ2) is 27.6. The third-order valence-electron chi connectivity index (χ3n) is 0. The van der Waals surface area contributed by atoms with Crippen molar-refractivity contribution in [1.82, 2.24) is 0 Å². The topological polar surface area (TPSA) is 110 Å². The molecule has 0 amide bonds. The highest BCUT2D eigenvalue weighted by molar-refractivity contribution is 7.30. The van der Waals surface area contributed by atoms with Crippen molar-refractivity contribution in [1.29, 1.82) is 0 Å². The van der Waals surface area contributed by atoms with Gasteiger partial charge in [-0.3, -0.25) is 4.57 Å². The summed E-state index contributed by atoms with van der Waals surface area (Å²) in [5, 5.41) is 0. The van der Waals surface area contributed by atoms with Crippen LogP contribution in [-0.4, -0.2) is 23.9 Å². The molecule has 0 saturated carbocycles. The Balaban J connectivity index is -0.0000000542. The fourth-order valence-electron chi connectivity index (χ4n) is 0. The summed E-state index contributed by atoms with van der Waals surface area (Å²) in [5.41, 5.74) is 9.00. The second-order valence-corrected chi connectivity index (χ2v) is 0.848. The maximum atomic E-state index is 8.74. The molecule has 0 spiro atoms. The predicted octanol–water partition coefficient (Wildman–Crippen LogP) is -1.49. The minimum atomic E-state index is -3.13. The molecule has 0 atom stereocenters.